The van der Waals surface area contributed by atoms with Gasteiger partial charge in [0.1, 0.15) is 11.4 Å². The lowest BCUT2D eigenvalue weighted by Crippen LogP contribution is -2.62. The van der Waals surface area contributed by atoms with Crippen LogP contribution < -0.4 is 20.4 Å². The van der Waals surface area contributed by atoms with Gasteiger partial charge in [-0.05, 0) is 44.9 Å². The molecule has 0 spiro atoms. The van der Waals surface area contributed by atoms with E-state index in [1.807, 2.05) is 49.1 Å². The van der Waals surface area contributed by atoms with Gasteiger partial charge in [-0.3, -0.25) is 4.79 Å². The highest BCUT2D eigenvalue weighted by molar-refractivity contribution is 5.89. The van der Waals surface area contributed by atoms with E-state index < -0.39 is 5.54 Å². The Morgan fingerprint density at radius 1 is 1.12 bits per heavy atom. The lowest BCUT2D eigenvalue weighted by Gasteiger charge is -2.40. The minimum Gasteiger partial charge on any atom is -0.423 e. The molecule has 0 saturated carbocycles. The van der Waals surface area contributed by atoms with Crippen LogP contribution in [-0.4, -0.2) is 52.6 Å². The molecule has 2 aliphatic rings. The van der Waals surface area contributed by atoms with E-state index in [9.17, 15) is 4.79 Å². The van der Waals surface area contributed by atoms with E-state index in [1.165, 1.54) is 12.8 Å². The highest BCUT2D eigenvalue weighted by Gasteiger charge is 2.40. The monoisotopic (exact) mass is 433 g/mol. The lowest BCUT2D eigenvalue weighted by molar-refractivity contribution is -0.126. The fraction of sp³-hybridized carbons (Fsp3) is 0.391. The maximum absolute atomic E-state index is 12.3. The first kappa shape index (κ1) is 20.3. The summed E-state index contributed by atoms with van der Waals surface area (Å²) in [4.78, 5) is 29.9. The van der Waals surface area contributed by atoms with E-state index in [2.05, 4.69) is 30.5 Å². The Labute approximate surface area is 186 Å². The maximum atomic E-state index is 12.3. The normalized spacial score (nSPS) is 18.0. The molecule has 0 aliphatic carbocycles. The van der Waals surface area contributed by atoms with Crippen LogP contribution in [0.25, 0.3) is 11.3 Å². The number of hydrogen-bond acceptors (Lipinski definition) is 8. The first-order valence-corrected chi connectivity index (χ1v) is 11.0. The Bertz CT molecular complexity index is 1120. The van der Waals surface area contributed by atoms with Crippen molar-refractivity contribution in [1.29, 1.82) is 0 Å². The molecule has 2 fully saturated rings. The minimum atomic E-state index is -0.721. The maximum Gasteiger partial charge on any atom is 0.298 e. The van der Waals surface area contributed by atoms with Gasteiger partial charge in [-0.15, -0.1) is 0 Å². The first-order chi connectivity index (χ1) is 15.5. The van der Waals surface area contributed by atoms with Gasteiger partial charge in [0.2, 0.25) is 11.9 Å². The molecule has 1 aromatic carbocycles. The van der Waals surface area contributed by atoms with E-state index in [4.69, 9.17) is 4.42 Å². The predicted molar refractivity (Wildman–Crippen MR) is 123 cm³/mol. The standard InChI is InChI=1S/C23H27N7O2/c1-23(2)20(31)24-10-13-30(23)22-26-15-18(32-22)16-6-5-7-17(14-16)27-21-25-9-8-19(28-21)29-11-3-4-12-29/h5-9,14-15H,3-4,10-13H2,1-2H3,(H,24,31)(H,25,27,28). The molecule has 0 unspecified atom stereocenters. The average Bonchev–Trinajstić information content (AvgIpc) is 3.49. The summed E-state index contributed by atoms with van der Waals surface area (Å²) in [6.45, 7) is 7.02. The fourth-order valence-electron chi connectivity index (χ4n) is 4.17. The van der Waals surface area contributed by atoms with Gasteiger partial charge in [0.05, 0.1) is 6.20 Å². The fourth-order valence-corrected chi connectivity index (χ4v) is 4.17. The molecule has 0 radical (unpaired) electrons. The summed E-state index contributed by atoms with van der Waals surface area (Å²) in [5.74, 6) is 2.11. The summed E-state index contributed by atoms with van der Waals surface area (Å²) in [5, 5.41) is 6.18. The number of carbonyl (C=O) groups excluding carboxylic acids is 1. The molecule has 9 nitrogen and oxygen atoms in total. The Balaban J connectivity index is 1.35. The molecule has 2 aliphatic heterocycles. The van der Waals surface area contributed by atoms with Gasteiger partial charge in [0.15, 0.2) is 5.76 Å². The number of nitrogens with zero attached hydrogens (tertiary/aromatic N) is 5. The zero-order valence-electron chi connectivity index (χ0n) is 18.3. The van der Waals surface area contributed by atoms with Crippen molar-refractivity contribution < 1.29 is 9.21 Å². The summed E-state index contributed by atoms with van der Waals surface area (Å²) >= 11 is 0. The van der Waals surface area contributed by atoms with Crippen molar-refractivity contribution in [3.8, 4) is 11.3 Å². The number of aromatic nitrogens is 3. The minimum absolute atomic E-state index is 0.0362. The number of amides is 1. The zero-order chi connectivity index (χ0) is 22.1. The second-order valence-electron chi connectivity index (χ2n) is 8.61. The van der Waals surface area contributed by atoms with Crippen molar-refractivity contribution in [3.05, 3.63) is 42.7 Å². The second-order valence-corrected chi connectivity index (χ2v) is 8.61. The van der Waals surface area contributed by atoms with Crippen LogP contribution in [0.5, 0.6) is 0 Å². The molecule has 2 aromatic heterocycles. The van der Waals surface area contributed by atoms with Gasteiger partial charge < -0.3 is 24.9 Å². The molecule has 9 heteroatoms. The largest absolute Gasteiger partial charge is 0.423 e. The molecule has 5 rings (SSSR count). The topological polar surface area (TPSA) is 99.4 Å². The van der Waals surface area contributed by atoms with E-state index in [0.717, 1.165) is 30.2 Å². The highest BCUT2D eigenvalue weighted by Crippen LogP contribution is 2.31. The van der Waals surface area contributed by atoms with Crippen LogP contribution in [0.4, 0.5) is 23.5 Å². The molecule has 4 heterocycles. The van der Waals surface area contributed by atoms with Crippen molar-refractivity contribution in [2.75, 3.05) is 41.3 Å². The van der Waals surface area contributed by atoms with Crippen molar-refractivity contribution in [2.45, 2.75) is 32.2 Å². The van der Waals surface area contributed by atoms with Crippen LogP contribution in [0.2, 0.25) is 0 Å². The van der Waals surface area contributed by atoms with Gasteiger partial charge in [0, 0.05) is 43.6 Å². The Kier molecular flexibility index (Phi) is 5.16. The molecule has 1 amide bonds. The summed E-state index contributed by atoms with van der Waals surface area (Å²) in [6.07, 6.45) is 5.88. The van der Waals surface area contributed by atoms with Gasteiger partial charge in [-0.2, -0.15) is 4.98 Å². The SMILES string of the molecule is CC1(C)C(=O)NCCN1c1ncc(-c2cccc(Nc3nccc(N4CCCC4)n3)c2)o1. The number of carbonyl (C=O) groups is 1. The van der Waals surface area contributed by atoms with Gasteiger partial charge >= 0.3 is 0 Å². The molecule has 3 aromatic rings. The van der Waals surface area contributed by atoms with E-state index in [-0.39, 0.29) is 5.91 Å². The zero-order valence-corrected chi connectivity index (χ0v) is 18.3. The molecule has 32 heavy (non-hydrogen) atoms. The van der Waals surface area contributed by atoms with Crippen molar-refractivity contribution in [3.63, 3.8) is 0 Å². The average molecular weight is 434 g/mol. The van der Waals surface area contributed by atoms with E-state index in [0.29, 0.717) is 30.8 Å². The molecule has 0 bridgehead atoms. The molecule has 166 valence electrons. The molecule has 2 N–H and O–H groups in total. The molecule has 2 saturated heterocycles. The van der Waals surface area contributed by atoms with Crippen molar-refractivity contribution in [2.24, 2.45) is 0 Å². The molecular formula is C23H27N7O2. The Morgan fingerprint density at radius 2 is 1.97 bits per heavy atom. The summed E-state index contributed by atoms with van der Waals surface area (Å²) in [7, 11) is 0. The number of benzene rings is 1. The lowest BCUT2D eigenvalue weighted by atomic mass is 10.00. The van der Waals surface area contributed by atoms with Crippen LogP contribution in [0.15, 0.2) is 47.1 Å². The van der Waals surface area contributed by atoms with Crippen LogP contribution >= 0.6 is 0 Å². The van der Waals surface area contributed by atoms with E-state index in [1.54, 1.807) is 12.4 Å². The predicted octanol–water partition coefficient (Wildman–Crippen LogP) is 3.19. The summed E-state index contributed by atoms with van der Waals surface area (Å²) in [5.41, 5.74) is 1.02. The van der Waals surface area contributed by atoms with Crippen molar-refractivity contribution >= 4 is 29.4 Å². The molecule has 0 atom stereocenters. The second kappa shape index (κ2) is 8.14. The van der Waals surface area contributed by atoms with Crippen LogP contribution in [0, 0.1) is 0 Å². The summed E-state index contributed by atoms with van der Waals surface area (Å²) < 4.78 is 6.05. The van der Waals surface area contributed by atoms with Crippen LogP contribution in [-0.2, 0) is 4.79 Å². The third-order valence-corrected chi connectivity index (χ3v) is 6.05. The van der Waals surface area contributed by atoms with Crippen LogP contribution in [0.3, 0.4) is 0 Å². The smallest absolute Gasteiger partial charge is 0.298 e. The number of anilines is 4. The number of nitrogens with one attached hydrogen (secondary N) is 2. The number of oxazole rings is 1. The van der Waals surface area contributed by atoms with Gasteiger partial charge in [-0.1, -0.05) is 12.1 Å². The first-order valence-electron chi connectivity index (χ1n) is 11.0. The Hall–Kier alpha value is -3.62. The number of piperazine rings is 1. The van der Waals surface area contributed by atoms with Crippen molar-refractivity contribution in [1.82, 2.24) is 20.3 Å². The van der Waals surface area contributed by atoms with E-state index >= 15 is 0 Å². The highest BCUT2D eigenvalue weighted by atomic mass is 16.4. The molecular weight excluding hydrogens is 406 g/mol. The number of hydrogen-bond donors (Lipinski definition) is 2. The third kappa shape index (κ3) is 3.86. The van der Waals surface area contributed by atoms with Crippen LogP contribution in [0.1, 0.15) is 26.7 Å². The summed E-state index contributed by atoms with van der Waals surface area (Å²) in [6, 6.07) is 10.2. The van der Waals surface area contributed by atoms with Gasteiger partial charge in [-0.25, -0.2) is 9.97 Å². The Morgan fingerprint density at radius 3 is 2.81 bits per heavy atom. The number of rotatable bonds is 5. The third-order valence-electron chi connectivity index (χ3n) is 6.05. The quantitative estimate of drug-likeness (QED) is 0.633. The van der Waals surface area contributed by atoms with Gasteiger partial charge in [0.25, 0.3) is 6.01 Å².